The molecule has 1 aromatic heterocycles. The van der Waals surface area contributed by atoms with E-state index in [0.29, 0.717) is 6.07 Å². The Morgan fingerprint density at radius 3 is 2.34 bits per heavy atom. The summed E-state index contributed by atoms with van der Waals surface area (Å²) in [6.45, 7) is 0. The Balaban J connectivity index is 1.79. The Kier molecular flexibility index (Phi) is 6.64. The van der Waals surface area contributed by atoms with E-state index in [1.165, 1.54) is 37.4 Å². The minimum Gasteiger partial charge on any atom is -0.495 e. The molecule has 0 saturated heterocycles. The molecule has 0 aliphatic carbocycles. The first-order chi connectivity index (χ1) is 15.1. The second-order valence-electron chi connectivity index (χ2n) is 6.38. The van der Waals surface area contributed by atoms with Crippen LogP contribution < -0.4 is 15.4 Å². The normalized spacial score (nSPS) is 11.1. The molecular formula is C21H14ClF4N3O3. The highest BCUT2D eigenvalue weighted by Gasteiger charge is 2.32. The van der Waals surface area contributed by atoms with Gasteiger partial charge in [-0.25, -0.2) is 4.39 Å². The maximum Gasteiger partial charge on any atom is 0.433 e. The molecule has 0 aliphatic rings. The highest BCUT2D eigenvalue weighted by atomic mass is 35.5. The number of pyridine rings is 1. The third kappa shape index (κ3) is 5.33. The number of methoxy groups -OCH3 is 1. The molecule has 0 atom stereocenters. The van der Waals surface area contributed by atoms with Crippen LogP contribution in [0.1, 0.15) is 26.4 Å². The lowest BCUT2D eigenvalue weighted by atomic mass is 10.1. The quantitative estimate of drug-likeness (QED) is 0.492. The van der Waals surface area contributed by atoms with Crippen molar-refractivity contribution in [1.82, 2.24) is 4.98 Å². The third-order valence-electron chi connectivity index (χ3n) is 4.20. The molecule has 2 aromatic carbocycles. The predicted octanol–water partition coefficient (Wildman–Crippen LogP) is 5.41. The van der Waals surface area contributed by atoms with Crippen molar-refractivity contribution in [2.45, 2.75) is 6.18 Å². The smallest absolute Gasteiger partial charge is 0.433 e. The van der Waals surface area contributed by atoms with Crippen molar-refractivity contribution in [2.24, 2.45) is 0 Å². The van der Waals surface area contributed by atoms with E-state index >= 15 is 0 Å². The number of rotatable bonds is 5. The van der Waals surface area contributed by atoms with Crippen LogP contribution in [-0.4, -0.2) is 23.9 Å². The molecule has 0 radical (unpaired) electrons. The minimum atomic E-state index is -4.62. The van der Waals surface area contributed by atoms with E-state index in [2.05, 4.69) is 15.6 Å². The molecule has 1 heterocycles. The van der Waals surface area contributed by atoms with E-state index in [1.807, 2.05) is 0 Å². The average Bonchev–Trinajstić information content (AvgIpc) is 2.73. The SMILES string of the molecule is COc1ccc(NC(=O)c2ccc(C(F)(F)F)nc2)cc1NC(=O)c1ccc(Cl)cc1F. The Morgan fingerprint density at radius 2 is 1.75 bits per heavy atom. The second-order valence-corrected chi connectivity index (χ2v) is 6.81. The van der Waals surface area contributed by atoms with Crippen LogP contribution in [0.25, 0.3) is 0 Å². The molecule has 0 saturated carbocycles. The Labute approximate surface area is 184 Å². The second kappa shape index (κ2) is 9.23. The minimum absolute atomic E-state index is 0.109. The lowest BCUT2D eigenvalue weighted by molar-refractivity contribution is -0.141. The van der Waals surface area contributed by atoms with Gasteiger partial charge in [0, 0.05) is 16.9 Å². The summed E-state index contributed by atoms with van der Waals surface area (Å²) in [4.78, 5) is 28.0. The number of alkyl halides is 3. The molecule has 3 rings (SSSR count). The van der Waals surface area contributed by atoms with Crippen LogP contribution >= 0.6 is 11.6 Å². The molecule has 11 heteroatoms. The summed E-state index contributed by atoms with van der Waals surface area (Å²) in [6, 6.07) is 9.47. The van der Waals surface area contributed by atoms with Gasteiger partial charge in [0.05, 0.1) is 23.9 Å². The molecule has 0 aliphatic heterocycles. The van der Waals surface area contributed by atoms with Crippen molar-refractivity contribution < 1.29 is 31.9 Å². The van der Waals surface area contributed by atoms with E-state index in [9.17, 15) is 27.2 Å². The molecule has 2 amide bonds. The lowest BCUT2D eigenvalue weighted by Crippen LogP contribution is -2.16. The third-order valence-corrected chi connectivity index (χ3v) is 4.43. The summed E-state index contributed by atoms with van der Waals surface area (Å²) < 4.78 is 57.0. The monoisotopic (exact) mass is 467 g/mol. The molecule has 32 heavy (non-hydrogen) atoms. The zero-order chi connectivity index (χ0) is 23.5. The van der Waals surface area contributed by atoms with Gasteiger partial charge in [-0.2, -0.15) is 13.2 Å². The number of nitrogens with zero attached hydrogens (tertiary/aromatic N) is 1. The van der Waals surface area contributed by atoms with Crippen molar-refractivity contribution in [3.8, 4) is 5.75 Å². The van der Waals surface area contributed by atoms with E-state index < -0.39 is 29.5 Å². The van der Waals surface area contributed by atoms with Gasteiger partial charge in [-0.3, -0.25) is 14.6 Å². The van der Waals surface area contributed by atoms with E-state index in [4.69, 9.17) is 16.3 Å². The number of ether oxygens (including phenoxy) is 1. The summed E-state index contributed by atoms with van der Waals surface area (Å²) in [5.41, 5.74) is -1.18. The van der Waals surface area contributed by atoms with Gasteiger partial charge in [-0.1, -0.05) is 11.6 Å². The van der Waals surface area contributed by atoms with Gasteiger partial charge in [0.2, 0.25) is 0 Å². The molecule has 0 fully saturated rings. The molecule has 0 unspecified atom stereocenters. The molecule has 0 bridgehead atoms. The number of halogens is 5. The lowest BCUT2D eigenvalue weighted by Gasteiger charge is -2.13. The van der Waals surface area contributed by atoms with Crippen LogP contribution in [0.5, 0.6) is 5.75 Å². The molecule has 6 nitrogen and oxygen atoms in total. The van der Waals surface area contributed by atoms with Crippen molar-refractivity contribution in [2.75, 3.05) is 17.7 Å². The van der Waals surface area contributed by atoms with Crippen LogP contribution in [0.3, 0.4) is 0 Å². The van der Waals surface area contributed by atoms with Crippen molar-refractivity contribution in [3.05, 3.63) is 82.4 Å². The zero-order valence-electron chi connectivity index (χ0n) is 16.3. The van der Waals surface area contributed by atoms with Crippen LogP contribution in [0.15, 0.2) is 54.7 Å². The first-order valence-corrected chi connectivity index (χ1v) is 9.25. The zero-order valence-corrected chi connectivity index (χ0v) is 17.0. The standard InChI is InChI=1S/C21H14ClF4N3O3/c1-32-17-6-4-13(28-19(30)11-2-7-18(27-10-11)21(24,25)26)9-16(17)29-20(31)14-5-3-12(22)8-15(14)23/h2-10H,1H3,(H,28,30)(H,29,31). The summed E-state index contributed by atoms with van der Waals surface area (Å²) in [7, 11) is 1.35. The predicted molar refractivity (Wildman–Crippen MR) is 110 cm³/mol. The van der Waals surface area contributed by atoms with Gasteiger partial charge >= 0.3 is 6.18 Å². The highest BCUT2D eigenvalue weighted by molar-refractivity contribution is 6.30. The first kappa shape index (κ1) is 23.0. The fourth-order valence-electron chi connectivity index (χ4n) is 2.65. The molecule has 3 aromatic rings. The van der Waals surface area contributed by atoms with Crippen molar-refractivity contribution in [3.63, 3.8) is 0 Å². The van der Waals surface area contributed by atoms with Gasteiger partial charge in [-0.15, -0.1) is 0 Å². The van der Waals surface area contributed by atoms with Gasteiger partial charge < -0.3 is 15.4 Å². The van der Waals surface area contributed by atoms with Crippen LogP contribution in [0, 0.1) is 5.82 Å². The fraction of sp³-hybridized carbons (Fsp3) is 0.0952. The number of anilines is 2. The van der Waals surface area contributed by atoms with Gasteiger partial charge in [0.25, 0.3) is 11.8 Å². The van der Waals surface area contributed by atoms with Gasteiger partial charge in [0.1, 0.15) is 17.3 Å². The van der Waals surface area contributed by atoms with Crippen LogP contribution in [-0.2, 0) is 6.18 Å². The maximum atomic E-state index is 14.0. The van der Waals surface area contributed by atoms with Crippen molar-refractivity contribution >= 4 is 34.8 Å². The number of hydrogen-bond acceptors (Lipinski definition) is 4. The van der Waals surface area contributed by atoms with E-state index in [1.54, 1.807) is 0 Å². The topological polar surface area (TPSA) is 80.3 Å². The molecular weight excluding hydrogens is 454 g/mol. The summed E-state index contributed by atoms with van der Waals surface area (Å²) in [5, 5.41) is 5.09. The number of hydrogen-bond donors (Lipinski definition) is 2. The number of amides is 2. The van der Waals surface area contributed by atoms with Crippen molar-refractivity contribution in [1.29, 1.82) is 0 Å². The van der Waals surface area contributed by atoms with Gasteiger partial charge in [0.15, 0.2) is 0 Å². The molecule has 166 valence electrons. The number of benzene rings is 2. The molecule has 0 spiro atoms. The summed E-state index contributed by atoms with van der Waals surface area (Å²) in [6.07, 6.45) is -3.82. The number of carbonyl (C=O) groups is 2. The first-order valence-electron chi connectivity index (χ1n) is 8.87. The summed E-state index contributed by atoms with van der Waals surface area (Å²) in [5.74, 6) is -2.11. The van der Waals surface area contributed by atoms with Crippen LogP contribution in [0.4, 0.5) is 28.9 Å². The number of carbonyl (C=O) groups excluding carboxylic acids is 2. The molecule has 2 N–H and O–H groups in total. The van der Waals surface area contributed by atoms with Gasteiger partial charge in [-0.05, 0) is 48.5 Å². The Hall–Kier alpha value is -3.66. The van der Waals surface area contributed by atoms with Crippen LogP contribution in [0.2, 0.25) is 5.02 Å². The summed E-state index contributed by atoms with van der Waals surface area (Å²) >= 11 is 5.69. The fourth-order valence-corrected chi connectivity index (χ4v) is 2.80. The van der Waals surface area contributed by atoms with E-state index in [0.717, 1.165) is 18.3 Å². The highest BCUT2D eigenvalue weighted by Crippen LogP contribution is 2.30. The van der Waals surface area contributed by atoms with E-state index in [-0.39, 0.29) is 33.3 Å². The Bertz CT molecular complexity index is 1170. The average molecular weight is 468 g/mol. The number of aromatic nitrogens is 1. The Morgan fingerprint density at radius 1 is 1.00 bits per heavy atom. The maximum absolute atomic E-state index is 14.0. The number of nitrogens with one attached hydrogen (secondary N) is 2. The largest absolute Gasteiger partial charge is 0.495 e.